The number of rotatable bonds is 2. The van der Waals surface area contributed by atoms with Crippen LogP contribution in [0.3, 0.4) is 0 Å². The fraction of sp³-hybridized carbons (Fsp3) is 0.667. The van der Waals surface area contributed by atoms with E-state index in [0.717, 1.165) is 0 Å². The number of aliphatic carboxylic acids is 2. The molecule has 0 aliphatic rings. The van der Waals surface area contributed by atoms with Crippen LogP contribution in [0.25, 0.3) is 0 Å². The number of carboxylic acids is 2. The molecule has 0 aromatic rings. The molecule has 15 heteroatoms. The van der Waals surface area contributed by atoms with Crippen LogP contribution in [-0.4, -0.2) is 54.7 Å². The predicted molar refractivity (Wildman–Crippen MR) is 63.6 cm³/mol. The SMILES string of the molecule is O=C([O-])C(F)(I)C(F)(F)F.O=C([O-])C(F)(I)C(F)(F)F.[Mg+2]. The van der Waals surface area contributed by atoms with Crippen LogP contribution < -0.4 is 10.2 Å². The molecule has 0 rings (SSSR count). The van der Waals surface area contributed by atoms with Gasteiger partial charge >= 0.3 is 35.4 Å². The van der Waals surface area contributed by atoms with E-state index in [1.54, 1.807) is 0 Å². The van der Waals surface area contributed by atoms with Crippen molar-refractivity contribution >= 4 is 80.2 Å². The molecule has 0 aliphatic carbocycles. The standard InChI is InChI=1S/2C3HF4IO2.Mg/c2*4-2(8,1(9)10)3(5,6)7;/h2*(H,9,10);/q;;+2/p-2. The van der Waals surface area contributed by atoms with E-state index in [1.165, 1.54) is 0 Å². The van der Waals surface area contributed by atoms with Crippen molar-refractivity contribution < 1.29 is 54.9 Å². The molecule has 0 aromatic heterocycles. The van der Waals surface area contributed by atoms with Gasteiger partial charge in [0.25, 0.3) is 7.35 Å². The Kier molecular flexibility index (Phi) is 10.7. The number of hydrogen-bond acceptors (Lipinski definition) is 4. The van der Waals surface area contributed by atoms with E-state index < -0.39 is 31.6 Å². The van der Waals surface area contributed by atoms with Gasteiger partial charge in [0.1, 0.15) is 0 Å². The van der Waals surface area contributed by atoms with Crippen molar-refractivity contribution in [1.82, 2.24) is 0 Å². The van der Waals surface area contributed by atoms with Crippen molar-refractivity contribution in [2.75, 3.05) is 0 Å². The molecule has 0 amide bonds. The molecule has 0 radical (unpaired) electrons. The number of hydrogen-bond donors (Lipinski definition) is 0. The maximum atomic E-state index is 11.9. The fourth-order valence-electron chi connectivity index (χ4n) is 0.231. The summed E-state index contributed by atoms with van der Waals surface area (Å²) in [5.41, 5.74) is 0. The van der Waals surface area contributed by atoms with Crippen LogP contribution >= 0.6 is 45.2 Å². The van der Waals surface area contributed by atoms with Crippen molar-refractivity contribution in [3.63, 3.8) is 0 Å². The minimum Gasteiger partial charge on any atom is -0.545 e. The molecule has 0 bridgehead atoms. The Morgan fingerprint density at radius 1 is 0.667 bits per heavy atom. The van der Waals surface area contributed by atoms with Gasteiger partial charge in [0.15, 0.2) is 0 Å². The topological polar surface area (TPSA) is 80.3 Å². The second kappa shape index (κ2) is 8.46. The summed E-state index contributed by atoms with van der Waals surface area (Å²) < 4.78 is 83.0. The molecule has 0 heterocycles. The molecular formula is C6F8I2MgO4. The summed E-state index contributed by atoms with van der Waals surface area (Å²) in [5.74, 6) is -5.58. The molecule has 0 saturated heterocycles. The molecule has 0 saturated carbocycles. The van der Waals surface area contributed by atoms with E-state index in [2.05, 4.69) is 0 Å². The second-order valence-corrected chi connectivity index (χ2v) is 5.69. The van der Waals surface area contributed by atoms with E-state index in [4.69, 9.17) is 0 Å². The van der Waals surface area contributed by atoms with Crippen LogP contribution in [0.4, 0.5) is 35.1 Å². The smallest absolute Gasteiger partial charge is 0.545 e. The van der Waals surface area contributed by atoms with Gasteiger partial charge in [0.05, 0.1) is 11.9 Å². The molecule has 0 fully saturated rings. The molecule has 2 unspecified atom stereocenters. The molecule has 2 atom stereocenters. The Balaban J connectivity index is -0.000000295. The van der Waals surface area contributed by atoms with Crippen LogP contribution in [0.2, 0.25) is 0 Å². The van der Waals surface area contributed by atoms with E-state index in [-0.39, 0.29) is 68.2 Å². The van der Waals surface area contributed by atoms with Crippen molar-refractivity contribution in [3.05, 3.63) is 0 Å². The van der Waals surface area contributed by atoms with Crippen LogP contribution in [0.15, 0.2) is 0 Å². The van der Waals surface area contributed by atoms with E-state index in [9.17, 15) is 54.9 Å². The Morgan fingerprint density at radius 3 is 0.810 bits per heavy atom. The summed E-state index contributed by atoms with van der Waals surface area (Å²) in [4.78, 5) is 18.9. The summed E-state index contributed by atoms with van der Waals surface area (Å²) in [6.45, 7) is 0. The van der Waals surface area contributed by atoms with Crippen molar-refractivity contribution in [3.8, 4) is 0 Å². The molecule has 0 aliphatic heterocycles. The van der Waals surface area contributed by atoms with Crippen LogP contribution in [0, 0.1) is 0 Å². The first-order chi connectivity index (χ1) is 8.39. The zero-order valence-electron chi connectivity index (χ0n) is 9.12. The van der Waals surface area contributed by atoms with Gasteiger partial charge in [-0.15, -0.1) is 0 Å². The maximum absolute atomic E-state index is 11.9. The third-order valence-corrected chi connectivity index (χ3v) is 3.33. The average Bonchev–Trinajstić information content (AvgIpc) is 2.14. The van der Waals surface area contributed by atoms with Gasteiger partial charge in [0.2, 0.25) is 0 Å². The quantitative estimate of drug-likeness (QED) is 0.210. The third-order valence-electron chi connectivity index (χ3n) is 1.22. The van der Waals surface area contributed by atoms with Gasteiger partial charge in [-0.05, 0) is 45.2 Å². The summed E-state index contributed by atoms with van der Waals surface area (Å²) in [6, 6.07) is 0. The van der Waals surface area contributed by atoms with Gasteiger partial charge in [-0.1, -0.05) is 0 Å². The summed E-state index contributed by atoms with van der Waals surface area (Å²) >= 11 is 0.237. The summed E-state index contributed by atoms with van der Waals surface area (Å²) in [6.07, 6.45) is -10.8. The number of halogens is 10. The second-order valence-electron chi connectivity index (χ2n) is 2.72. The minimum absolute atomic E-state index is 0. The van der Waals surface area contributed by atoms with Gasteiger partial charge in [-0.2, -0.15) is 26.3 Å². The first kappa shape index (κ1) is 26.5. The average molecular weight is 566 g/mol. The molecule has 21 heavy (non-hydrogen) atoms. The number of carbonyl (C=O) groups is 2. The molecule has 4 nitrogen and oxygen atoms in total. The van der Waals surface area contributed by atoms with Gasteiger partial charge in [-0.3, -0.25) is 0 Å². The Morgan fingerprint density at radius 2 is 0.810 bits per heavy atom. The first-order valence-electron chi connectivity index (χ1n) is 3.71. The third kappa shape index (κ3) is 7.62. The van der Waals surface area contributed by atoms with Crippen molar-refractivity contribution in [2.24, 2.45) is 0 Å². The zero-order valence-corrected chi connectivity index (χ0v) is 14.8. The number of alkyl halides is 10. The molecular weight excluding hydrogens is 566 g/mol. The van der Waals surface area contributed by atoms with Crippen molar-refractivity contribution in [1.29, 1.82) is 0 Å². The van der Waals surface area contributed by atoms with Crippen LogP contribution in [-0.2, 0) is 9.59 Å². The minimum atomic E-state index is -5.42. The molecule has 0 N–H and O–H groups in total. The Hall–Kier alpha value is 0.606. The van der Waals surface area contributed by atoms with Crippen molar-refractivity contribution in [2.45, 2.75) is 19.7 Å². The van der Waals surface area contributed by atoms with E-state index >= 15 is 0 Å². The monoisotopic (exact) mass is 566 g/mol. The predicted octanol–water partition coefficient (Wildman–Crippen LogP) is 0.418. The molecule has 0 spiro atoms. The van der Waals surface area contributed by atoms with Crippen LogP contribution in [0.5, 0.6) is 0 Å². The van der Waals surface area contributed by atoms with Gasteiger partial charge in [0, 0.05) is 0 Å². The Labute approximate surface area is 154 Å². The van der Waals surface area contributed by atoms with Gasteiger partial charge in [-0.25, -0.2) is 8.78 Å². The maximum Gasteiger partial charge on any atom is 2.00 e. The zero-order chi connectivity index (χ0) is 17.2. The molecule has 120 valence electrons. The normalized spacial score (nSPS) is 17.2. The summed E-state index contributed by atoms with van der Waals surface area (Å²) in [7, 11) is 0. The summed E-state index contributed by atoms with van der Waals surface area (Å²) in [5, 5.41) is 18.9. The Bertz CT molecular complexity index is 344. The first-order valence-corrected chi connectivity index (χ1v) is 5.86. The van der Waals surface area contributed by atoms with Crippen LogP contribution in [0.1, 0.15) is 0 Å². The van der Waals surface area contributed by atoms with E-state index in [1.807, 2.05) is 0 Å². The number of carbonyl (C=O) groups excluding carboxylic acids is 2. The number of carboxylic acid groups (broad SMARTS) is 2. The largest absolute Gasteiger partial charge is 2.00 e. The van der Waals surface area contributed by atoms with Gasteiger partial charge < -0.3 is 19.8 Å². The van der Waals surface area contributed by atoms with E-state index in [0.29, 0.717) is 0 Å². The fourth-order valence-corrected chi connectivity index (χ4v) is 0.231. The molecule has 0 aromatic carbocycles.